The minimum absolute atomic E-state index is 0.0399. The Balaban J connectivity index is 2.12. The van der Waals surface area contributed by atoms with Gasteiger partial charge in [-0.05, 0) is 63.6 Å². The first kappa shape index (κ1) is 15.2. The van der Waals surface area contributed by atoms with E-state index in [2.05, 4.69) is 17.6 Å². The summed E-state index contributed by atoms with van der Waals surface area (Å²) in [7, 11) is 0. The molecule has 1 aromatic heterocycles. The number of amides is 1. The number of aryl methyl sites for hydroxylation is 2. The van der Waals surface area contributed by atoms with Crippen molar-refractivity contribution in [1.82, 2.24) is 5.32 Å². The van der Waals surface area contributed by atoms with Crippen LogP contribution in [0.2, 0.25) is 0 Å². The van der Waals surface area contributed by atoms with Gasteiger partial charge in [-0.1, -0.05) is 0 Å². The topological polar surface area (TPSA) is 54.3 Å². The number of furan rings is 1. The molecule has 0 aliphatic heterocycles. The zero-order chi connectivity index (χ0) is 15.4. The minimum atomic E-state index is -0.0399. The Hall–Kier alpha value is -2.23. The van der Waals surface area contributed by atoms with Crippen LogP contribution in [0.5, 0.6) is 0 Å². The van der Waals surface area contributed by atoms with Gasteiger partial charge in [0.15, 0.2) is 0 Å². The fourth-order valence-electron chi connectivity index (χ4n) is 2.22. The van der Waals surface area contributed by atoms with Gasteiger partial charge < -0.3 is 15.1 Å². The summed E-state index contributed by atoms with van der Waals surface area (Å²) < 4.78 is 5.62. The fraction of sp³-hybridized carbons (Fsp3) is 0.353. The highest BCUT2D eigenvalue weighted by molar-refractivity contribution is 5.94. The van der Waals surface area contributed by atoms with Crippen molar-refractivity contribution in [2.24, 2.45) is 0 Å². The maximum Gasteiger partial charge on any atom is 0.251 e. The van der Waals surface area contributed by atoms with E-state index in [1.54, 1.807) is 0 Å². The number of benzene rings is 1. The Kier molecular flexibility index (Phi) is 4.68. The van der Waals surface area contributed by atoms with Gasteiger partial charge in [0.2, 0.25) is 0 Å². The minimum Gasteiger partial charge on any atom is -0.464 e. The van der Waals surface area contributed by atoms with Crippen LogP contribution in [0.15, 0.2) is 34.7 Å². The average Bonchev–Trinajstić information content (AvgIpc) is 2.88. The summed E-state index contributed by atoms with van der Waals surface area (Å²) >= 11 is 0. The molecule has 0 aliphatic rings. The van der Waals surface area contributed by atoms with Crippen molar-refractivity contribution < 1.29 is 9.21 Å². The van der Waals surface area contributed by atoms with Crippen molar-refractivity contribution in [3.63, 3.8) is 0 Å². The van der Waals surface area contributed by atoms with Gasteiger partial charge in [0.25, 0.3) is 5.91 Å². The van der Waals surface area contributed by atoms with Gasteiger partial charge in [-0.15, -0.1) is 0 Å². The Morgan fingerprint density at radius 3 is 2.57 bits per heavy atom. The van der Waals surface area contributed by atoms with Crippen LogP contribution in [-0.4, -0.2) is 12.5 Å². The van der Waals surface area contributed by atoms with Crippen LogP contribution in [-0.2, 0) is 0 Å². The zero-order valence-electron chi connectivity index (χ0n) is 13.0. The molecular formula is C17H22N2O2. The van der Waals surface area contributed by atoms with Gasteiger partial charge in [0, 0.05) is 17.8 Å². The molecule has 1 unspecified atom stereocenters. The van der Waals surface area contributed by atoms with Crippen LogP contribution in [0, 0.1) is 13.8 Å². The predicted octanol–water partition coefficient (Wildman–Crippen LogP) is 3.82. The number of anilines is 1. The lowest BCUT2D eigenvalue weighted by Crippen LogP contribution is -2.22. The lowest BCUT2D eigenvalue weighted by molar-refractivity contribution is 0.0956. The van der Waals surface area contributed by atoms with Gasteiger partial charge in [0.05, 0.1) is 6.04 Å². The summed E-state index contributed by atoms with van der Waals surface area (Å²) in [5.74, 6) is 1.77. The molecule has 4 nitrogen and oxygen atoms in total. The number of hydrogen-bond acceptors (Lipinski definition) is 3. The monoisotopic (exact) mass is 286 g/mol. The SMILES string of the molecule is CCNC(=O)c1ccc(NC(C)c2ccc(C)o2)c(C)c1. The summed E-state index contributed by atoms with van der Waals surface area (Å²) in [4.78, 5) is 11.8. The third-order valence-electron chi connectivity index (χ3n) is 3.39. The van der Waals surface area contributed by atoms with Crippen molar-refractivity contribution in [3.05, 3.63) is 53.0 Å². The summed E-state index contributed by atoms with van der Waals surface area (Å²) in [6.07, 6.45) is 0. The number of rotatable bonds is 5. The molecule has 1 heterocycles. The summed E-state index contributed by atoms with van der Waals surface area (Å²) in [5.41, 5.74) is 2.72. The van der Waals surface area contributed by atoms with Crippen LogP contribution in [0.3, 0.4) is 0 Å². The first-order valence-corrected chi connectivity index (χ1v) is 7.23. The lowest BCUT2D eigenvalue weighted by Gasteiger charge is -2.16. The maximum atomic E-state index is 11.8. The molecule has 0 bridgehead atoms. The summed E-state index contributed by atoms with van der Waals surface area (Å²) in [5, 5.41) is 6.22. The number of hydrogen-bond donors (Lipinski definition) is 2. The van der Waals surface area contributed by atoms with Crippen molar-refractivity contribution in [2.75, 3.05) is 11.9 Å². The highest BCUT2D eigenvalue weighted by Gasteiger charge is 2.12. The molecule has 4 heteroatoms. The smallest absolute Gasteiger partial charge is 0.251 e. The predicted molar refractivity (Wildman–Crippen MR) is 84.7 cm³/mol. The van der Waals surface area contributed by atoms with Crippen LogP contribution in [0.25, 0.3) is 0 Å². The molecule has 0 radical (unpaired) electrons. The first-order chi connectivity index (χ1) is 10.0. The number of carbonyl (C=O) groups excluding carboxylic acids is 1. The Labute approximate surface area is 125 Å². The molecule has 2 rings (SSSR count). The van der Waals surface area contributed by atoms with Gasteiger partial charge >= 0.3 is 0 Å². The lowest BCUT2D eigenvalue weighted by atomic mass is 10.1. The van der Waals surface area contributed by atoms with Gasteiger partial charge in [-0.2, -0.15) is 0 Å². The molecular weight excluding hydrogens is 264 g/mol. The van der Waals surface area contributed by atoms with Gasteiger partial charge in [0.1, 0.15) is 11.5 Å². The average molecular weight is 286 g/mol. The molecule has 2 aromatic rings. The van der Waals surface area contributed by atoms with Crippen LogP contribution in [0.1, 0.15) is 47.3 Å². The Bertz CT molecular complexity index is 631. The second kappa shape index (κ2) is 6.48. The Morgan fingerprint density at radius 2 is 2.00 bits per heavy atom. The van der Waals surface area contributed by atoms with E-state index in [1.165, 1.54) is 0 Å². The highest BCUT2D eigenvalue weighted by Crippen LogP contribution is 2.24. The highest BCUT2D eigenvalue weighted by atomic mass is 16.3. The van der Waals surface area contributed by atoms with E-state index in [0.717, 1.165) is 22.8 Å². The maximum absolute atomic E-state index is 11.8. The van der Waals surface area contributed by atoms with Crippen LogP contribution < -0.4 is 10.6 Å². The van der Waals surface area contributed by atoms with Crippen molar-refractivity contribution in [1.29, 1.82) is 0 Å². The third kappa shape index (κ3) is 3.66. The molecule has 0 spiro atoms. The van der Waals surface area contributed by atoms with E-state index in [4.69, 9.17) is 4.42 Å². The fourth-order valence-corrected chi connectivity index (χ4v) is 2.22. The molecule has 0 fully saturated rings. The number of nitrogens with one attached hydrogen (secondary N) is 2. The third-order valence-corrected chi connectivity index (χ3v) is 3.39. The van der Waals surface area contributed by atoms with E-state index < -0.39 is 0 Å². The molecule has 1 atom stereocenters. The van der Waals surface area contributed by atoms with Gasteiger partial charge in [-0.3, -0.25) is 4.79 Å². The molecule has 0 saturated carbocycles. The van der Waals surface area contributed by atoms with Crippen molar-refractivity contribution >= 4 is 11.6 Å². The number of carbonyl (C=O) groups is 1. The molecule has 2 N–H and O–H groups in total. The standard InChI is InChI=1S/C17H22N2O2/c1-5-18-17(20)14-7-8-15(11(2)10-14)19-13(4)16-9-6-12(3)21-16/h6-10,13,19H,5H2,1-4H3,(H,18,20). The molecule has 1 aromatic carbocycles. The van der Waals surface area contributed by atoms with E-state index in [1.807, 2.05) is 51.1 Å². The van der Waals surface area contributed by atoms with E-state index in [0.29, 0.717) is 12.1 Å². The second-order valence-electron chi connectivity index (χ2n) is 5.20. The molecule has 1 amide bonds. The molecule has 21 heavy (non-hydrogen) atoms. The zero-order valence-corrected chi connectivity index (χ0v) is 13.0. The van der Waals surface area contributed by atoms with Crippen LogP contribution >= 0.6 is 0 Å². The van der Waals surface area contributed by atoms with E-state index in [9.17, 15) is 4.79 Å². The first-order valence-electron chi connectivity index (χ1n) is 7.23. The second-order valence-corrected chi connectivity index (χ2v) is 5.20. The van der Waals surface area contributed by atoms with E-state index in [-0.39, 0.29) is 11.9 Å². The van der Waals surface area contributed by atoms with Crippen LogP contribution in [0.4, 0.5) is 5.69 Å². The van der Waals surface area contributed by atoms with Crippen molar-refractivity contribution in [2.45, 2.75) is 33.7 Å². The molecule has 112 valence electrons. The summed E-state index contributed by atoms with van der Waals surface area (Å²) in [6.45, 7) is 8.52. The van der Waals surface area contributed by atoms with E-state index >= 15 is 0 Å². The normalized spacial score (nSPS) is 12.0. The van der Waals surface area contributed by atoms with Gasteiger partial charge in [-0.25, -0.2) is 0 Å². The summed E-state index contributed by atoms with van der Waals surface area (Å²) in [6, 6.07) is 9.68. The largest absolute Gasteiger partial charge is 0.464 e. The Morgan fingerprint density at radius 1 is 1.24 bits per heavy atom. The molecule has 0 saturated heterocycles. The van der Waals surface area contributed by atoms with Crippen molar-refractivity contribution in [3.8, 4) is 0 Å². The quantitative estimate of drug-likeness (QED) is 0.878. The molecule has 0 aliphatic carbocycles.